The number of amides is 2. The molecule has 0 bridgehead atoms. The summed E-state index contributed by atoms with van der Waals surface area (Å²) in [6.07, 6.45) is 0. The zero-order valence-electron chi connectivity index (χ0n) is 18.4. The number of pyridine rings is 1. The Kier molecular flexibility index (Phi) is 5.97. The molecular weight excluding hydrogens is 446 g/mol. The number of carbonyl (C=O) groups excluding carboxylic acids is 2. The highest BCUT2D eigenvalue weighted by atomic mass is 32.2. The molecule has 5 rings (SSSR count). The Bertz CT molecular complexity index is 1510. The largest absolute Gasteiger partial charge is 0.325 e. The average molecular weight is 468 g/mol. The van der Waals surface area contributed by atoms with Crippen LogP contribution in [0, 0.1) is 6.92 Å². The summed E-state index contributed by atoms with van der Waals surface area (Å²) < 4.78 is 1.96. The zero-order chi connectivity index (χ0) is 23.5. The maximum atomic E-state index is 12.8. The SMILES string of the molecule is Cc1cc2nnc(SCC(=O)Nc3ccccc3C(=O)Nc3ccccc3)n2c2ccccc12. The first kappa shape index (κ1) is 21.7. The smallest absolute Gasteiger partial charge is 0.257 e. The highest BCUT2D eigenvalue weighted by molar-refractivity contribution is 7.99. The number of anilines is 2. The second kappa shape index (κ2) is 9.36. The molecule has 0 saturated carbocycles. The topological polar surface area (TPSA) is 88.4 Å². The molecule has 2 aromatic heterocycles. The highest BCUT2D eigenvalue weighted by Gasteiger charge is 2.16. The predicted molar refractivity (Wildman–Crippen MR) is 135 cm³/mol. The van der Waals surface area contributed by atoms with Crippen LogP contribution in [0.3, 0.4) is 0 Å². The molecule has 0 unspecified atom stereocenters. The van der Waals surface area contributed by atoms with Gasteiger partial charge in [0.1, 0.15) is 0 Å². The monoisotopic (exact) mass is 467 g/mol. The number of fused-ring (bicyclic) bond motifs is 3. The van der Waals surface area contributed by atoms with Gasteiger partial charge in [-0.3, -0.25) is 14.0 Å². The Morgan fingerprint density at radius 2 is 1.62 bits per heavy atom. The van der Waals surface area contributed by atoms with Gasteiger partial charge in [0, 0.05) is 11.1 Å². The molecule has 0 radical (unpaired) electrons. The lowest BCUT2D eigenvalue weighted by Crippen LogP contribution is -2.19. The third-order valence-corrected chi connectivity index (χ3v) is 6.31. The Balaban J connectivity index is 1.32. The van der Waals surface area contributed by atoms with Crippen molar-refractivity contribution < 1.29 is 9.59 Å². The molecule has 5 aromatic rings. The van der Waals surface area contributed by atoms with Crippen molar-refractivity contribution in [3.05, 3.63) is 96.1 Å². The third-order valence-electron chi connectivity index (χ3n) is 5.38. The van der Waals surface area contributed by atoms with Crippen molar-refractivity contribution in [2.75, 3.05) is 16.4 Å². The van der Waals surface area contributed by atoms with E-state index in [-0.39, 0.29) is 17.6 Å². The minimum atomic E-state index is -0.292. The number of carbonyl (C=O) groups is 2. The van der Waals surface area contributed by atoms with Gasteiger partial charge in [0.15, 0.2) is 10.8 Å². The molecule has 0 aliphatic carbocycles. The van der Waals surface area contributed by atoms with Crippen LogP contribution in [0.1, 0.15) is 15.9 Å². The van der Waals surface area contributed by atoms with Crippen LogP contribution in [-0.4, -0.2) is 32.2 Å². The van der Waals surface area contributed by atoms with E-state index in [1.54, 1.807) is 24.3 Å². The fourth-order valence-electron chi connectivity index (χ4n) is 3.79. The number of benzene rings is 3. The van der Waals surface area contributed by atoms with E-state index in [4.69, 9.17) is 0 Å². The summed E-state index contributed by atoms with van der Waals surface area (Å²) in [4.78, 5) is 25.5. The van der Waals surface area contributed by atoms with Crippen molar-refractivity contribution in [1.29, 1.82) is 0 Å². The number of rotatable bonds is 6. The number of hydrogen-bond donors (Lipinski definition) is 2. The second-order valence-electron chi connectivity index (χ2n) is 7.72. The van der Waals surface area contributed by atoms with Crippen molar-refractivity contribution in [2.24, 2.45) is 0 Å². The number of thioether (sulfide) groups is 1. The molecule has 0 aliphatic rings. The van der Waals surface area contributed by atoms with Crippen molar-refractivity contribution in [1.82, 2.24) is 14.6 Å². The summed E-state index contributed by atoms with van der Waals surface area (Å²) in [5.74, 6) is -0.407. The predicted octanol–water partition coefficient (Wildman–Crippen LogP) is 5.17. The summed E-state index contributed by atoms with van der Waals surface area (Å²) in [5, 5.41) is 16.0. The summed E-state index contributed by atoms with van der Waals surface area (Å²) in [6, 6.07) is 26.2. The van der Waals surface area contributed by atoms with E-state index >= 15 is 0 Å². The summed E-state index contributed by atoms with van der Waals surface area (Å²) in [6.45, 7) is 2.04. The standard InChI is InChI=1S/C26H21N5O2S/c1-17-15-23-29-30-26(31(23)22-14-8-6-11-19(17)22)34-16-24(32)28-21-13-7-5-12-20(21)25(33)27-18-9-3-2-4-10-18/h2-15H,16H2,1H3,(H,27,33)(H,28,32). The lowest BCUT2D eigenvalue weighted by atomic mass is 10.1. The minimum absolute atomic E-state index is 0.123. The van der Waals surface area contributed by atoms with Gasteiger partial charge in [-0.05, 0) is 48.9 Å². The molecule has 2 amide bonds. The summed E-state index contributed by atoms with van der Waals surface area (Å²) in [7, 11) is 0. The molecule has 0 aliphatic heterocycles. The molecule has 3 aromatic carbocycles. The van der Waals surface area contributed by atoms with E-state index in [1.165, 1.54) is 11.8 Å². The van der Waals surface area contributed by atoms with E-state index in [0.29, 0.717) is 22.1 Å². The van der Waals surface area contributed by atoms with E-state index < -0.39 is 0 Å². The van der Waals surface area contributed by atoms with Crippen molar-refractivity contribution >= 4 is 51.5 Å². The van der Waals surface area contributed by atoms with E-state index in [0.717, 1.165) is 22.1 Å². The van der Waals surface area contributed by atoms with Crippen molar-refractivity contribution in [3.8, 4) is 0 Å². The highest BCUT2D eigenvalue weighted by Crippen LogP contribution is 2.26. The first-order chi connectivity index (χ1) is 16.6. The van der Waals surface area contributed by atoms with Gasteiger partial charge in [0.25, 0.3) is 5.91 Å². The fraction of sp³-hybridized carbons (Fsp3) is 0.0769. The van der Waals surface area contributed by atoms with Gasteiger partial charge in [0.05, 0.1) is 22.5 Å². The van der Waals surface area contributed by atoms with Gasteiger partial charge in [-0.2, -0.15) is 0 Å². The molecule has 0 atom stereocenters. The van der Waals surface area contributed by atoms with Crippen molar-refractivity contribution in [3.63, 3.8) is 0 Å². The van der Waals surface area contributed by atoms with Crippen LogP contribution in [0.5, 0.6) is 0 Å². The van der Waals surface area contributed by atoms with Crippen LogP contribution in [0.2, 0.25) is 0 Å². The number of aromatic nitrogens is 3. The fourth-order valence-corrected chi connectivity index (χ4v) is 4.55. The van der Waals surface area contributed by atoms with Gasteiger partial charge in [-0.15, -0.1) is 10.2 Å². The van der Waals surface area contributed by atoms with Gasteiger partial charge in [-0.1, -0.05) is 60.3 Å². The second-order valence-corrected chi connectivity index (χ2v) is 8.67. The molecule has 0 saturated heterocycles. The zero-order valence-corrected chi connectivity index (χ0v) is 19.2. The van der Waals surface area contributed by atoms with Crippen LogP contribution in [0.4, 0.5) is 11.4 Å². The first-order valence-electron chi connectivity index (χ1n) is 10.7. The van der Waals surface area contributed by atoms with Crippen molar-refractivity contribution in [2.45, 2.75) is 12.1 Å². The molecular formula is C26H21N5O2S. The maximum absolute atomic E-state index is 12.8. The molecule has 8 heteroatoms. The quantitative estimate of drug-likeness (QED) is 0.336. The average Bonchev–Trinajstić information content (AvgIpc) is 3.26. The molecule has 168 valence electrons. The number of aryl methyl sites for hydroxylation is 1. The minimum Gasteiger partial charge on any atom is -0.325 e. The number of hydrogen-bond acceptors (Lipinski definition) is 5. The number of nitrogens with zero attached hydrogens (tertiary/aromatic N) is 3. The lowest BCUT2D eigenvalue weighted by Gasteiger charge is -2.11. The molecule has 2 N–H and O–H groups in total. The van der Waals surface area contributed by atoms with Crippen LogP contribution in [-0.2, 0) is 4.79 Å². The van der Waals surface area contributed by atoms with E-state index in [9.17, 15) is 9.59 Å². The number of para-hydroxylation sites is 3. The van der Waals surface area contributed by atoms with Crippen LogP contribution in [0.25, 0.3) is 16.6 Å². The Morgan fingerprint density at radius 1 is 0.882 bits per heavy atom. The summed E-state index contributed by atoms with van der Waals surface area (Å²) >= 11 is 1.30. The summed E-state index contributed by atoms with van der Waals surface area (Å²) in [5.41, 5.74) is 4.38. The Labute approximate surface area is 200 Å². The van der Waals surface area contributed by atoms with Gasteiger partial charge < -0.3 is 10.6 Å². The molecule has 0 spiro atoms. The van der Waals surface area contributed by atoms with Gasteiger partial charge >= 0.3 is 0 Å². The van der Waals surface area contributed by atoms with Gasteiger partial charge in [0.2, 0.25) is 5.91 Å². The van der Waals surface area contributed by atoms with Crippen LogP contribution in [0.15, 0.2) is 90.1 Å². The Hall–Kier alpha value is -4.17. The van der Waals surface area contributed by atoms with E-state index in [1.807, 2.05) is 65.9 Å². The van der Waals surface area contributed by atoms with E-state index in [2.05, 4.69) is 26.9 Å². The molecule has 7 nitrogen and oxygen atoms in total. The van der Waals surface area contributed by atoms with Crippen LogP contribution < -0.4 is 10.6 Å². The van der Waals surface area contributed by atoms with Crippen LogP contribution >= 0.6 is 11.8 Å². The number of nitrogens with one attached hydrogen (secondary N) is 2. The third kappa shape index (κ3) is 4.35. The molecule has 0 fully saturated rings. The molecule has 34 heavy (non-hydrogen) atoms. The van der Waals surface area contributed by atoms with Gasteiger partial charge in [-0.25, -0.2) is 0 Å². The Morgan fingerprint density at radius 3 is 2.47 bits per heavy atom. The molecule has 2 heterocycles. The maximum Gasteiger partial charge on any atom is 0.257 e. The normalized spacial score (nSPS) is 11.0. The lowest BCUT2D eigenvalue weighted by molar-refractivity contribution is -0.113. The first-order valence-corrected chi connectivity index (χ1v) is 11.7.